The molecule has 0 bridgehead atoms. The van der Waals surface area contributed by atoms with Crippen molar-refractivity contribution in [2.45, 2.75) is 24.7 Å². The molecule has 0 saturated carbocycles. The van der Waals surface area contributed by atoms with Gasteiger partial charge >= 0.3 is 5.97 Å². The number of carbonyl (C=O) groups excluding carboxylic acids is 3. The number of carboxylic acid groups (broad SMARTS) is 1. The summed E-state index contributed by atoms with van der Waals surface area (Å²) in [6.45, 7) is -0.316. The third kappa shape index (κ3) is 6.71. The van der Waals surface area contributed by atoms with Gasteiger partial charge in [-0.3, -0.25) is 19.4 Å². The highest BCUT2D eigenvalue weighted by molar-refractivity contribution is 6.33. The van der Waals surface area contributed by atoms with E-state index in [9.17, 15) is 24.3 Å². The number of hydrogen-bond acceptors (Lipinski definition) is 7. The molecule has 1 aromatic heterocycles. The van der Waals surface area contributed by atoms with Crippen LogP contribution in [0.4, 0.5) is 11.4 Å². The van der Waals surface area contributed by atoms with E-state index in [-0.39, 0.29) is 19.1 Å². The summed E-state index contributed by atoms with van der Waals surface area (Å²) in [6, 6.07) is 14.9. The summed E-state index contributed by atoms with van der Waals surface area (Å²) >= 11 is 6.06. The van der Waals surface area contributed by atoms with Crippen molar-refractivity contribution in [2.75, 3.05) is 17.4 Å². The largest absolute Gasteiger partial charge is 0.480 e. The van der Waals surface area contributed by atoms with Gasteiger partial charge in [0.05, 0.1) is 10.7 Å². The Labute approximate surface area is 222 Å². The number of nitrogens with one attached hydrogen (secondary N) is 3. The van der Waals surface area contributed by atoms with E-state index in [4.69, 9.17) is 21.1 Å². The molecule has 1 aliphatic rings. The molecule has 1 aliphatic heterocycles. The van der Waals surface area contributed by atoms with Gasteiger partial charge in [0, 0.05) is 30.1 Å². The van der Waals surface area contributed by atoms with Crippen molar-refractivity contribution in [3.05, 3.63) is 89.2 Å². The molecule has 196 valence electrons. The van der Waals surface area contributed by atoms with E-state index in [0.717, 1.165) is 0 Å². The molecule has 38 heavy (non-hydrogen) atoms. The minimum atomic E-state index is -1.36. The molecule has 0 spiro atoms. The number of pyridine rings is 1. The van der Waals surface area contributed by atoms with Crippen molar-refractivity contribution in [2.24, 2.45) is 0 Å². The fourth-order valence-corrected chi connectivity index (χ4v) is 3.86. The molecule has 3 amide bonds. The van der Waals surface area contributed by atoms with Crippen LogP contribution >= 0.6 is 11.6 Å². The Morgan fingerprint density at radius 2 is 1.58 bits per heavy atom. The van der Waals surface area contributed by atoms with E-state index >= 15 is 0 Å². The molecule has 4 N–H and O–H groups in total. The van der Waals surface area contributed by atoms with Crippen LogP contribution in [0.3, 0.4) is 0 Å². The number of benzene rings is 2. The highest BCUT2D eigenvalue weighted by Gasteiger charge is 2.41. The zero-order valence-electron chi connectivity index (χ0n) is 19.8. The molecule has 12 heteroatoms. The second-order valence-corrected chi connectivity index (χ2v) is 8.66. The molecular formula is C26H23ClN4O7. The quantitative estimate of drug-likeness (QED) is 0.324. The zero-order chi connectivity index (χ0) is 27.1. The summed E-state index contributed by atoms with van der Waals surface area (Å²) in [5.41, 5.74) is 1.87. The van der Waals surface area contributed by atoms with Crippen LogP contribution in [0.15, 0.2) is 73.1 Å². The van der Waals surface area contributed by atoms with Crippen molar-refractivity contribution in [3.8, 4) is 0 Å². The SMILES string of the molecule is O=C(Nc1ccc(C[C@H](NC(=O)[C@@H]2OCO[C@H]2C(=O)Nc2ccccc2Cl)C(=O)O)cc1)c1ccncc1. The van der Waals surface area contributed by atoms with E-state index in [2.05, 4.69) is 20.9 Å². The number of aromatic nitrogens is 1. The first-order chi connectivity index (χ1) is 18.3. The van der Waals surface area contributed by atoms with Gasteiger partial charge in [0.25, 0.3) is 17.7 Å². The van der Waals surface area contributed by atoms with E-state index in [1.165, 1.54) is 12.4 Å². The third-order valence-corrected chi connectivity index (χ3v) is 5.96. The number of rotatable bonds is 9. The molecule has 11 nitrogen and oxygen atoms in total. The van der Waals surface area contributed by atoms with Crippen LogP contribution in [-0.4, -0.2) is 58.8 Å². The van der Waals surface area contributed by atoms with E-state index in [0.29, 0.717) is 27.5 Å². The van der Waals surface area contributed by atoms with Crippen LogP contribution in [-0.2, 0) is 30.3 Å². The van der Waals surface area contributed by atoms with Gasteiger partial charge in [0.15, 0.2) is 12.2 Å². The maximum atomic E-state index is 12.9. The summed E-state index contributed by atoms with van der Waals surface area (Å²) in [5.74, 6) is -3.06. The molecule has 0 radical (unpaired) electrons. The second kappa shape index (κ2) is 12.3. The van der Waals surface area contributed by atoms with Crippen molar-refractivity contribution >= 4 is 46.7 Å². The lowest BCUT2D eigenvalue weighted by molar-refractivity contribution is -0.144. The number of carboxylic acids is 1. The lowest BCUT2D eigenvalue weighted by atomic mass is 10.0. The molecule has 0 aliphatic carbocycles. The molecule has 3 aromatic rings. The highest BCUT2D eigenvalue weighted by atomic mass is 35.5. The number of ether oxygens (including phenoxy) is 2. The fraction of sp³-hybridized carbons (Fsp3) is 0.192. The van der Waals surface area contributed by atoms with Crippen LogP contribution in [0.2, 0.25) is 5.02 Å². The van der Waals surface area contributed by atoms with Gasteiger partial charge in [-0.2, -0.15) is 0 Å². The maximum absolute atomic E-state index is 12.9. The topological polar surface area (TPSA) is 156 Å². The first-order valence-corrected chi connectivity index (χ1v) is 11.8. The number of nitrogens with zero attached hydrogens (tertiary/aromatic N) is 1. The van der Waals surface area contributed by atoms with Gasteiger partial charge in [-0.1, -0.05) is 35.9 Å². The zero-order valence-corrected chi connectivity index (χ0v) is 20.6. The molecule has 1 saturated heterocycles. The van der Waals surface area contributed by atoms with Crippen LogP contribution in [0.5, 0.6) is 0 Å². The van der Waals surface area contributed by atoms with Crippen molar-refractivity contribution < 1.29 is 33.8 Å². The van der Waals surface area contributed by atoms with Crippen LogP contribution in [0, 0.1) is 0 Å². The Kier molecular flexibility index (Phi) is 8.64. The fourth-order valence-electron chi connectivity index (χ4n) is 3.67. The molecule has 2 heterocycles. The summed E-state index contributed by atoms with van der Waals surface area (Å²) in [7, 11) is 0. The molecule has 2 aromatic carbocycles. The van der Waals surface area contributed by atoms with E-state index in [1.807, 2.05) is 0 Å². The lowest BCUT2D eigenvalue weighted by Gasteiger charge is -2.20. The van der Waals surface area contributed by atoms with Gasteiger partial charge in [0.2, 0.25) is 0 Å². The summed E-state index contributed by atoms with van der Waals surface area (Å²) < 4.78 is 10.5. The Morgan fingerprint density at radius 3 is 2.24 bits per heavy atom. The highest BCUT2D eigenvalue weighted by Crippen LogP contribution is 2.23. The van der Waals surface area contributed by atoms with Crippen LogP contribution in [0.1, 0.15) is 15.9 Å². The smallest absolute Gasteiger partial charge is 0.326 e. The molecule has 0 unspecified atom stereocenters. The molecule has 1 fully saturated rings. The number of carbonyl (C=O) groups is 4. The maximum Gasteiger partial charge on any atom is 0.326 e. The minimum Gasteiger partial charge on any atom is -0.480 e. The van der Waals surface area contributed by atoms with Crippen molar-refractivity contribution in [3.63, 3.8) is 0 Å². The number of halogens is 1. The molecular weight excluding hydrogens is 516 g/mol. The Hall–Kier alpha value is -4.32. The predicted octanol–water partition coefficient (Wildman–Crippen LogP) is 2.48. The number of anilines is 2. The first kappa shape index (κ1) is 26.7. The standard InChI is InChI=1S/C26H23ClN4O7/c27-18-3-1-2-4-19(18)30-24(33)21-22(38-14-37-21)25(34)31-20(26(35)36)13-15-5-7-17(8-6-15)29-23(32)16-9-11-28-12-10-16/h1-12,20-22H,13-14H2,(H,29,32)(H,30,33)(H,31,34)(H,35,36)/t20-,21+,22+/m0/s1. The molecule has 3 atom stereocenters. The molecule has 4 rings (SSSR count). The Balaban J connectivity index is 1.36. The first-order valence-electron chi connectivity index (χ1n) is 11.4. The number of para-hydroxylation sites is 1. The van der Waals surface area contributed by atoms with E-state index in [1.54, 1.807) is 60.7 Å². The average Bonchev–Trinajstić information content (AvgIpc) is 3.41. The summed E-state index contributed by atoms with van der Waals surface area (Å²) in [4.78, 5) is 53.6. The summed E-state index contributed by atoms with van der Waals surface area (Å²) in [5, 5.41) is 17.7. The van der Waals surface area contributed by atoms with Gasteiger partial charge in [-0.05, 0) is 42.0 Å². The average molecular weight is 539 g/mol. The second-order valence-electron chi connectivity index (χ2n) is 8.25. The Bertz CT molecular complexity index is 1320. The van der Waals surface area contributed by atoms with Gasteiger partial charge < -0.3 is 30.5 Å². The van der Waals surface area contributed by atoms with Gasteiger partial charge in [0.1, 0.15) is 12.8 Å². The van der Waals surface area contributed by atoms with Crippen molar-refractivity contribution in [1.82, 2.24) is 10.3 Å². The number of hydrogen-bond donors (Lipinski definition) is 4. The van der Waals surface area contributed by atoms with Gasteiger partial charge in [-0.15, -0.1) is 0 Å². The predicted molar refractivity (Wildman–Crippen MR) is 137 cm³/mol. The third-order valence-electron chi connectivity index (χ3n) is 5.63. The van der Waals surface area contributed by atoms with Crippen LogP contribution < -0.4 is 16.0 Å². The normalized spacial score (nSPS) is 17.3. The number of aliphatic carboxylic acids is 1. The lowest BCUT2D eigenvalue weighted by Crippen LogP contribution is -2.51. The monoisotopic (exact) mass is 538 g/mol. The van der Waals surface area contributed by atoms with Crippen LogP contribution in [0.25, 0.3) is 0 Å². The van der Waals surface area contributed by atoms with Crippen molar-refractivity contribution in [1.29, 1.82) is 0 Å². The van der Waals surface area contributed by atoms with Gasteiger partial charge in [-0.25, -0.2) is 4.79 Å². The Morgan fingerprint density at radius 1 is 0.921 bits per heavy atom. The number of amides is 3. The minimum absolute atomic E-state index is 0.0519. The van der Waals surface area contributed by atoms with E-state index < -0.39 is 36.0 Å². The summed E-state index contributed by atoms with van der Waals surface area (Å²) in [6.07, 6.45) is 0.307.